The number of nitriles is 1. The van der Waals surface area contributed by atoms with Gasteiger partial charge in [0.2, 0.25) is 0 Å². The van der Waals surface area contributed by atoms with E-state index in [-0.39, 0.29) is 5.92 Å². The second-order valence-corrected chi connectivity index (χ2v) is 3.85. The Morgan fingerprint density at radius 1 is 1.15 bits per heavy atom. The van der Waals surface area contributed by atoms with Crippen molar-refractivity contribution in [3.8, 4) is 6.07 Å². The molecule has 76 valence electrons. The average molecular weight is 202 g/mol. The summed E-state index contributed by atoms with van der Waals surface area (Å²) in [6.07, 6.45) is 8.69. The molecule has 1 atom stereocenters. The van der Waals surface area contributed by atoms with Gasteiger partial charge in [0.1, 0.15) is 0 Å². The number of hydrogen-bond acceptors (Lipinski definition) is 1. The SMILES string of the molecule is CCCCCCCCC(C#N)CCl. The van der Waals surface area contributed by atoms with E-state index in [1.807, 2.05) is 0 Å². The molecule has 0 amide bonds. The van der Waals surface area contributed by atoms with Crippen LogP contribution >= 0.6 is 11.6 Å². The van der Waals surface area contributed by atoms with E-state index in [1.165, 1.54) is 32.1 Å². The van der Waals surface area contributed by atoms with Crippen LogP contribution in [0.25, 0.3) is 0 Å². The van der Waals surface area contributed by atoms with Crippen LogP contribution in [0.3, 0.4) is 0 Å². The van der Waals surface area contributed by atoms with Crippen LogP contribution in [0.15, 0.2) is 0 Å². The summed E-state index contributed by atoms with van der Waals surface area (Å²) in [5.41, 5.74) is 0. The third-order valence-corrected chi connectivity index (χ3v) is 2.65. The number of rotatable bonds is 8. The Labute approximate surface area is 87.1 Å². The van der Waals surface area contributed by atoms with Gasteiger partial charge in [-0.25, -0.2) is 0 Å². The molecule has 0 bridgehead atoms. The maximum absolute atomic E-state index is 8.63. The summed E-state index contributed by atoms with van der Waals surface area (Å²) in [5.74, 6) is 0.568. The van der Waals surface area contributed by atoms with Crippen molar-refractivity contribution in [2.75, 3.05) is 5.88 Å². The van der Waals surface area contributed by atoms with Crippen LogP contribution in [-0.2, 0) is 0 Å². The van der Waals surface area contributed by atoms with E-state index in [9.17, 15) is 0 Å². The molecule has 0 aliphatic carbocycles. The number of hydrogen-bond donors (Lipinski definition) is 0. The maximum Gasteiger partial charge on any atom is 0.0668 e. The maximum atomic E-state index is 8.63. The molecule has 2 heteroatoms. The van der Waals surface area contributed by atoms with E-state index < -0.39 is 0 Å². The van der Waals surface area contributed by atoms with Crippen molar-refractivity contribution in [3.63, 3.8) is 0 Å². The van der Waals surface area contributed by atoms with Gasteiger partial charge in [0.25, 0.3) is 0 Å². The molecule has 0 aliphatic heterocycles. The van der Waals surface area contributed by atoms with Gasteiger partial charge >= 0.3 is 0 Å². The molecule has 1 unspecified atom stereocenters. The van der Waals surface area contributed by atoms with Gasteiger partial charge < -0.3 is 0 Å². The predicted octanol–water partition coefficient (Wildman–Crippen LogP) is 4.12. The van der Waals surface area contributed by atoms with Crippen molar-refractivity contribution in [1.29, 1.82) is 5.26 Å². The number of alkyl halides is 1. The highest BCUT2D eigenvalue weighted by atomic mass is 35.5. The van der Waals surface area contributed by atoms with Gasteiger partial charge in [-0.15, -0.1) is 11.6 Å². The highest BCUT2D eigenvalue weighted by molar-refractivity contribution is 6.18. The Bertz CT molecular complexity index is 140. The van der Waals surface area contributed by atoms with Crippen LogP contribution in [0.2, 0.25) is 0 Å². The topological polar surface area (TPSA) is 23.8 Å². The standard InChI is InChI=1S/C11H20ClN/c1-2-3-4-5-6-7-8-11(9-12)10-13/h11H,2-9H2,1H3. The average Bonchev–Trinajstić information content (AvgIpc) is 2.17. The summed E-state index contributed by atoms with van der Waals surface area (Å²) in [6, 6.07) is 2.22. The second-order valence-electron chi connectivity index (χ2n) is 3.54. The summed E-state index contributed by atoms with van der Waals surface area (Å²) >= 11 is 5.61. The molecule has 0 N–H and O–H groups in total. The van der Waals surface area contributed by atoms with Crippen molar-refractivity contribution in [2.45, 2.75) is 51.9 Å². The second kappa shape index (κ2) is 9.86. The lowest BCUT2D eigenvalue weighted by Gasteiger charge is -2.03. The lowest BCUT2D eigenvalue weighted by atomic mass is 10.0. The summed E-state index contributed by atoms with van der Waals surface area (Å²) in [5, 5.41) is 8.63. The van der Waals surface area contributed by atoms with E-state index in [2.05, 4.69) is 13.0 Å². The van der Waals surface area contributed by atoms with Crippen molar-refractivity contribution in [3.05, 3.63) is 0 Å². The fourth-order valence-electron chi connectivity index (χ4n) is 1.35. The van der Waals surface area contributed by atoms with E-state index in [4.69, 9.17) is 16.9 Å². The van der Waals surface area contributed by atoms with Crippen LogP contribution in [0.4, 0.5) is 0 Å². The Balaban J connectivity index is 3.11. The van der Waals surface area contributed by atoms with Crippen molar-refractivity contribution < 1.29 is 0 Å². The molecule has 0 radical (unpaired) electrons. The fraction of sp³-hybridized carbons (Fsp3) is 0.909. The zero-order chi connectivity index (χ0) is 9.94. The summed E-state index contributed by atoms with van der Waals surface area (Å²) in [4.78, 5) is 0. The first-order valence-corrected chi connectivity index (χ1v) is 5.84. The van der Waals surface area contributed by atoms with Gasteiger partial charge in [-0.2, -0.15) is 5.26 Å². The van der Waals surface area contributed by atoms with Gasteiger partial charge in [-0.1, -0.05) is 45.4 Å². The fourth-order valence-corrected chi connectivity index (χ4v) is 1.57. The van der Waals surface area contributed by atoms with Gasteiger partial charge in [0, 0.05) is 5.88 Å². The molecule has 0 saturated carbocycles. The van der Waals surface area contributed by atoms with Crippen molar-refractivity contribution in [1.82, 2.24) is 0 Å². The van der Waals surface area contributed by atoms with Crippen LogP contribution in [0.1, 0.15) is 51.9 Å². The minimum absolute atomic E-state index is 0.0767. The van der Waals surface area contributed by atoms with E-state index in [0.717, 1.165) is 12.8 Å². The normalized spacial score (nSPS) is 12.4. The van der Waals surface area contributed by atoms with Gasteiger partial charge in [-0.3, -0.25) is 0 Å². The molecule has 0 fully saturated rings. The van der Waals surface area contributed by atoms with Crippen LogP contribution in [0, 0.1) is 17.2 Å². The first-order chi connectivity index (χ1) is 6.35. The molecular formula is C11H20ClN. The van der Waals surface area contributed by atoms with Gasteiger partial charge in [-0.05, 0) is 6.42 Å². The molecule has 0 rings (SSSR count). The molecule has 0 spiro atoms. The summed E-state index contributed by atoms with van der Waals surface area (Å²) in [6.45, 7) is 2.22. The lowest BCUT2D eigenvalue weighted by molar-refractivity contribution is 0.550. The Kier molecular flexibility index (Phi) is 9.70. The van der Waals surface area contributed by atoms with Crippen LogP contribution in [0.5, 0.6) is 0 Å². The first-order valence-electron chi connectivity index (χ1n) is 5.30. The monoisotopic (exact) mass is 201 g/mol. The van der Waals surface area contributed by atoms with E-state index in [0.29, 0.717) is 5.88 Å². The molecule has 0 aromatic carbocycles. The third kappa shape index (κ3) is 8.12. The minimum atomic E-state index is 0.0767. The van der Waals surface area contributed by atoms with Crippen LogP contribution < -0.4 is 0 Å². The Morgan fingerprint density at radius 3 is 2.31 bits per heavy atom. The molecule has 0 saturated heterocycles. The third-order valence-electron chi connectivity index (χ3n) is 2.27. The van der Waals surface area contributed by atoms with Crippen molar-refractivity contribution >= 4 is 11.6 Å². The van der Waals surface area contributed by atoms with Crippen molar-refractivity contribution in [2.24, 2.45) is 5.92 Å². The zero-order valence-corrected chi connectivity index (χ0v) is 9.32. The zero-order valence-electron chi connectivity index (χ0n) is 8.56. The summed E-state index contributed by atoms with van der Waals surface area (Å²) < 4.78 is 0. The number of unbranched alkanes of at least 4 members (excludes halogenated alkanes) is 5. The Morgan fingerprint density at radius 2 is 1.77 bits per heavy atom. The smallest absolute Gasteiger partial charge is 0.0668 e. The lowest BCUT2D eigenvalue weighted by Crippen LogP contribution is -1.97. The Hall–Kier alpha value is -0.220. The van der Waals surface area contributed by atoms with E-state index >= 15 is 0 Å². The highest BCUT2D eigenvalue weighted by Gasteiger charge is 2.03. The predicted molar refractivity (Wildman–Crippen MR) is 57.8 cm³/mol. The molecule has 0 aromatic rings. The summed E-state index contributed by atoms with van der Waals surface area (Å²) in [7, 11) is 0. The quantitative estimate of drug-likeness (QED) is 0.428. The first kappa shape index (κ1) is 12.8. The van der Waals surface area contributed by atoms with Crippen LogP contribution in [-0.4, -0.2) is 5.88 Å². The minimum Gasteiger partial charge on any atom is -0.198 e. The number of nitrogens with zero attached hydrogens (tertiary/aromatic N) is 1. The molecule has 1 nitrogen and oxygen atoms in total. The molecule has 0 aliphatic rings. The highest BCUT2D eigenvalue weighted by Crippen LogP contribution is 2.12. The molecule has 13 heavy (non-hydrogen) atoms. The molecule has 0 heterocycles. The molecule has 0 aromatic heterocycles. The molecular weight excluding hydrogens is 182 g/mol. The number of halogens is 1. The largest absolute Gasteiger partial charge is 0.198 e. The van der Waals surface area contributed by atoms with Gasteiger partial charge in [0.15, 0.2) is 0 Å². The van der Waals surface area contributed by atoms with Gasteiger partial charge in [0.05, 0.1) is 12.0 Å². The van der Waals surface area contributed by atoms with E-state index in [1.54, 1.807) is 0 Å².